The average molecular weight is 288 g/mol. The van der Waals surface area contributed by atoms with E-state index >= 15 is 0 Å². The predicted molar refractivity (Wildman–Crippen MR) is 79.9 cm³/mol. The summed E-state index contributed by atoms with van der Waals surface area (Å²) in [6, 6.07) is 1.72. The molecule has 0 aliphatic rings. The highest BCUT2D eigenvalue weighted by Gasteiger charge is 2.17. The molecule has 0 fully saturated rings. The Kier molecular flexibility index (Phi) is 4.86. The highest BCUT2D eigenvalue weighted by Crippen LogP contribution is 2.16. The molecule has 0 unspecified atom stereocenters. The molecule has 7 nitrogen and oxygen atoms in total. The summed E-state index contributed by atoms with van der Waals surface area (Å²) in [5.41, 5.74) is 1.36. The molecule has 2 aromatic heterocycles. The van der Waals surface area contributed by atoms with E-state index in [-0.39, 0.29) is 5.91 Å². The number of anilines is 1. The Bertz CT molecular complexity index is 609. The van der Waals surface area contributed by atoms with Gasteiger partial charge in [-0.1, -0.05) is 6.92 Å². The number of nitrogens with zero attached hydrogens (tertiary/aromatic N) is 4. The molecular weight excluding hydrogens is 268 g/mol. The van der Waals surface area contributed by atoms with Crippen LogP contribution < -0.4 is 5.32 Å². The Morgan fingerprint density at radius 1 is 1.48 bits per heavy atom. The number of hydrogen-bond donors (Lipinski definition) is 2. The van der Waals surface area contributed by atoms with E-state index in [0.717, 1.165) is 24.5 Å². The van der Waals surface area contributed by atoms with Gasteiger partial charge >= 0.3 is 0 Å². The molecule has 0 bridgehead atoms. The van der Waals surface area contributed by atoms with Crippen molar-refractivity contribution in [1.82, 2.24) is 25.1 Å². The minimum Gasteiger partial charge on any atom is -0.383 e. The molecule has 21 heavy (non-hydrogen) atoms. The van der Waals surface area contributed by atoms with Gasteiger partial charge in [0.25, 0.3) is 5.91 Å². The van der Waals surface area contributed by atoms with E-state index in [1.165, 1.54) is 0 Å². The third-order valence-corrected chi connectivity index (χ3v) is 2.99. The van der Waals surface area contributed by atoms with Gasteiger partial charge in [-0.3, -0.25) is 14.9 Å². The Morgan fingerprint density at radius 2 is 2.29 bits per heavy atom. The van der Waals surface area contributed by atoms with Crippen molar-refractivity contribution in [3.63, 3.8) is 0 Å². The van der Waals surface area contributed by atoms with Crippen LogP contribution in [-0.4, -0.2) is 44.6 Å². The van der Waals surface area contributed by atoms with Crippen molar-refractivity contribution in [2.24, 2.45) is 0 Å². The lowest BCUT2D eigenvalue weighted by Crippen LogP contribution is -2.27. The topological polar surface area (TPSA) is 86.8 Å². The molecule has 2 N–H and O–H groups in total. The van der Waals surface area contributed by atoms with Crippen LogP contribution in [0.5, 0.6) is 0 Å². The van der Waals surface area contributed by atoms with Gasteiger partial charge in [-0.2, -0.15) is 5.10 Å². The largest absolute Gasteiger partial charge is 0.383 e. The number of pyridine rings is 1. The van der Waals surface area contributed by atoms with E-state index in [2.05, 4.69) is 32.4 Å². The maximum atomic E-state index is 12.5. The summed E-state index contributed by atoms with van der Waals surface area (Å²) in [7, 11) is 1.73. The summed E-state index contributed by atoms with van der Waals surface area (Å²) in [6.07, 6.45) is 4.28. The lowest BCUT2D eigenvalue weighted by Gasteiger charge is -2.17. The second kappa shape index (κ2) is 6.83. The maximum absolute atomic E-state index is 12.5. The van der Waals surface area contributed by atoms with Crippen LogP contribution in [0.3, 0.4) is 0 Å². The van der Waals surface area contributed by atoms with Gasteiger partial charge in [-0.15, -0.1) is 0 Å². The molecule has 0 aliphatic heterocycles. The first-order chi connectivity index (χ1) is 10.1. The Labute approximate surface area is 123 Å². The molecule has 112 valence electrons. The van der Waals surface area contributed by atoms with E-state index < -0.39 is 0 Å². The van der Waals surface area contributed by atoms with E-state index in [4.69, 9.17) is 0 Å². The Hall–Kier alpha value is -2.44. The van der Waals surface area contributed by atoms with Crippen molar-refractivity contribution < 1.29 is 4.79 Å². The molecular formula is C14H20N6O. The number of H-pyrrole nitrogens is 1. The lowest BCUT2D eigenvalue weighted by molar-refractivity contribution is 0.0782. The van der Waals surface area contributed by atoms with Gasteiger partial charge < -0.3 is 10.2 Å². The van der Waals surface area contributed by atoms with Gasteiger partial charge in [0.15, 0.2) is 5.82 Å². The molecule has 0 aromatic carbocycles. The predicted octanol–water partition coefficient (Wildman–Crippen LogP) is 1.60. The molecule has 0 aliphatic carbocycles. The summed E-state index contributed by atoms with van der Waals surface area (Å²) in [4.78, 5) is 22.4. The number of carbonyl (C=O) groups is 1. The smallest absolute Gasteiger partial charge is 0.256 e. The highest BCUT2D eigenvalue weighted by molar-refractivity contribution is 5.99. The van der Waals surface area contributed by atoms with Gasteiger partial charge in [0.1, 0.15) is 5.82 Å². The third kappa shape index (κ3) is 3.77. The van der Waals surface area contributed by atoms with Crippen LogP contribution in [0, 0.1) is 6.92 Å². The van der Waals surface area contributed by atoms with Crippen molar-refractivity contribution in [2.75, 3.05) is 18.9 Å². The van der Waals surface area contributed by atoms with Crippen LogP contribution in [0.2, 0.25) is 0 Å². The van der Waals surface area contributed by atoms with Gasteiger partial charge in [0, 0.05) is 19.8 Å². The maximum Gasteiger partial charge on any atom is 0.256 e. The molecule has 0 saturated heterocycles. The normalized spacial score (nSPS) is 10.4. The molecule has 0 atom stereocenters. The van der Waals surface area contributed by atoms with Gasteiger partial charge in [0.2, 0.25) is 0 Å². The van der Waals surface area contributed by atoms with Gasteiger partial charge in [0.05, 0.1) is 24.0 Å². The first-order valence-corrected chi connectivity index (χ1v) is 6.93. The lowest BCUT2D eigenvalue weighted by atomic mass is 10.2. The monoisotopic (exact) mass is 288 g/mol. The molecule has 0 spiro atoms. The number of aromatic nitrogens is 4. The number of aromatic amines is 1. The summed E-state index contributed by atoms with van der Waals surface area (Å²) < 4.78 is 0. The van der Waals surface area contributed by atoms with E-state index in [9.17, 15) is 4.79 Å². The van der Waals surface area contributed by atoms with Crippen LogP contribution in [0.15, 0.2) is 18.5 Å². The number of hydrogen-bond acceptors (Lipinski definition) is 5. The van der Waals surface area contributed by atoms with Gasteiger partial charge in [-0.25, -0.2) is 4.98 Å². The van der Waals surface area contributed by atoms with E-state index in [1.54, 1.807) is 30.4 Å². The molecule has 2 rings (SSSR count). The van der Waals surface area contributed by atoms with Crippen molar-refractivity contribution >= 4 is 11.6 Å². The number of aryl methyl sites for hydroxylation is 1. The van der Waals surface area contributed by atoms with E-state index in [1.807, 2.05) is 6.92 Å². The minimum atomic E-state index is -0.0848. The number of nitrogens with one attached hydrogen (secondary N) is 2. The number of rotatable bonds is 6. The minimum absolute atomic E-state index is 0.0848. The molecule has 0 radical (unpaired) electrons. The number of carbonyl (C=O) groups excluding carboxylic acids is 1. The van der Waals surface area contributed by atoms with Crippen molar-refractivity contribution in [3.8, 4) is 0 Å². The summed E-state index contributed by atoms with van der Waals surface area (Å²) >= 11 is 0. The van der Waals surface area contributed by atoms with E-state index in [0.29, 0.717) is 17.9 Å². The fourth-order valence-corrected chi connectivity index (χ4v) is 1.93. The Balaban J connectivity index is 2.11. The molecule has 1 amide bonds. The molecule has 0 saturated carbocycles. The van der Waals surface area contributed by atoms with Crippen LogP contribution in [0.1, 0.15) is 35.4 Å². The van der Waals surface area contributed by atoms with Crippen molar-refractivity contribution in [3.05, 3.63) is 35.7 Å². The first kappa shape index (κ1) is 15.0. The van der Waals surface area contributed by atoms with Crippen LogP contribution in [0.25, 0.3) is 0 Å². The second-order valence-corrected chi connectivity index (χ2v) is 4.85. The standard InChI is InChI=1S/C14H20N6O/c1-4-6-16-12-8-15-7-5-11(12)14(21)20(3)9-13-17-10(2)18-19-13/h5,7-8,16H,4,6,9H2,1-3H3,(H,17,18,19). The molecule has 7 heteroatoms. The first-order valence-electron chi connectivity index (χ1n) is 6.93. The van der Waals surface area contributed by atoms with Crippen LogP contribution in [0.4, 0.5) is 5.69 Å². The zero-order chi connectivity index (χ0) is 15.2. The zero-order valence-electron chi connectivity index (χ0n) is 12.6. The Morgan fingerprint density at radius 3 is 2.95 bits per heavy atom. The molecule has 2 heterocycles. The highest BCUT2D eigenvalue weighted by atomic mass is 16.2. The summed E-state index contributed by atoms with van der Waals surface area (Å²) in [6.45, 7) is 5.06. The van der Waals surface area contributed by atoms with Crippen LogP contribution in [-0.2, 0) is 6.54 Å². The summed E-state index contributed by atoms with van der Waals surface area (Å²) in [5, 5.41) is 10.0. The number of amides is 1. The fraction of sp³-hybridized carbons (Fsp3) is 0.429. The molecule has 2 aromatic rings. The zero-order valence-corrected chi connectivity index (χ0v) is 12.6. The fourth-order valence-electron chi connectivity index (χ4n) is 1.93. The van der Waals surface area contributed by atoms with Crippen molar-refractivity contribution in [2.45, 2.75) is 26.8 Å². The second-order valence-electron chi connectivity index (χ2n) is 4.85. The van der Waals surface area contributed by atoms with Crippen molar-refractivity contribution in [1.29, 1.82) is 0 Å². The van der Waals surface area contributed by atoms with Crippen LogP contribution >= 0.6 is 0 Å². The summed E-state index contributed by atoms with van der Waals surface area (Å²) in [5.74, 6) is 1.25. The third-order valence-electron chi connectivity index (χ3n) is 2.99. The average Bonchev–Trinajstić information content (AvgIpc) is 2.89. The SMILES string of the molecule is CCCNc1cnccc1C(=O)N(C)Cc1n[nH]c(C)n1. The quantitative estimate of drug-likeness (QED) is 0.843. The van der Waals surface area contributed by atoms with Gasteiger partial charge in [-0.05, 0) is 19.4 Å².